The molecule has 0 aliphatic rings. The number of hydrogen-bond acceptors (Lipinski definition) is 2. The van der Waals surface area contributed by atoms with Crippen molar-refractivity contribution in [2.24, 2.45) is 0 Å². The molecular formula is C13H13ClN2O2. The summed E-state index contributed by atoms with van der Waals surface area (Å²) in [5, 5.41) is 3.26. The van der Waals surface area contributed by atoms with Crippen molar-refractivity contribution in [2.45, 2.75) is 12.8 Å². The van der Waals surface area contributed by atoms with Crippen LogP contribution >= 0.6 is 11.6 Å². The molecule has 0 aliphatic heterocycles. The zero-order chi connectivity index (χ0) is 13.0. The van der Waals surface area contributed by atoms with Crippen molar-refractivity contribution in [1.29, 1.82) is 0 Å². The number of aromatic nitrogens is 1. The van der Waals surface area contributed by atoms with Gasteiger partial charge in [0.25, 0.3) is 0 Å². The highest BCUT2D eigenvalue weighted by atomic mass is 35.5. The van der Waals surface area contributed by atoms with Gasteiger partial charge in [0.1, 0.15) is 0 Å². The van der Waals surface area contributed by atoms with E-state index in [2.05, 4.69) is 10.3 Å². The van der Waals surface area contributed by atoms with Gasteiger partial charge in [0.15, 0.2) is 0 Å². The van der Waals surface area contributed by atoms with Gasteiger partial charge in [0.05, 0.1) is 6.42 Å². The van der Waals surface area contributed by atoms with E-state index in [9.17, 15) is 9.59 Å². The van der Waals surface area contributed by atoms with Crippen molar-refractivity contribution in [3.8, 4) is 0 Å². The monoisotopic (exact) mass is 264 g/mol. The van der Waals surface area contributed by atoms with Gasteiger partial charge < -0.3 is 10.3 Å². The van der Waals surface area contributed by atoms with E-state index in [1.54, 1.807) is 0 Å². The Labute approximate surface area is 109 Å². The van der Waals surface area contributed by atoms with Gasteiger partial charge in [-0.15, -0.1) is 0 Å². The smallest absolute Gasteiger partial charge is 0.224 e. The van der Waals surface area contributed by atoms with Gasteiger partial charge in [-0.05, 0) is 23.2 Å². The Hall–Kier alpha value is -1.81. The molecular weight excluding hydrogens is 252 g/mol. The predicted octanol–water partition coefficient (Wildman–Crippen LogP) is 1.98. The predicted molar refractivity (Wildman–Crippen MR) is 70.5 cm³/mol. The van der Waals surface area contributed by atoms with Crippen molar-refractivity contribution < 1.29 is 9.59 Å². The van der Waals surface area contributed by atoms with Crippen molar-refractivity contribution >= 4 is 33.7 Å². The van der Waals surface area contributed by atoms with E-state index in [0.717, 1.165) is 16.5 Å². The summed E-state index contributed by atoms with van der Waals surface area (Å²) in [6.07, 6.45) is 2.28. The van der Waals surface area contributed by atoms with Gasteiger partial charge in [-0.25, -0.2) is 0 Å². The second kappa shape index (κ2) is 5.69. The number of nitrogens with one attached hydrogen (secondary N) is 2. The fourth-order valence-electron chi connectivity index (χ4n) is 1.81. The highest BCUT2D eigenvalue weighted by Crippen LogP contribution is 2.17. The first-order valence-corrected chi connectivity index (χ1v) is 6.04. The summed E-state index contributed by atoms with van der Waals surface area (Å²) in [4.78, 5) is 25.3. The van der Waals surface area contributed by atoms with Gasteiger partial charge in [-0.2, -0.15) is 0 Å². The molecule has 0 atom stereocenters. The van der Waals surface area contributed by atoms with Gasteiger partial charge >= 0.3 is 0 Å². The number of carbonyl (C=O) groups excluding carboxylic acids is 2. The number of benzene rings is 1. The van der Waals surface area contributed by atoms with Crippen LogP contribution in [0.2, 0.25) is 0 Å². The molecule has 0 radical (unpaired) electrons. The topological polar surface area (TPSA) is 62.0 Å². The Bertz CT molecular complexity index is 577. The largest absolute Gasteiger partial charge is 0.361 e. The molecule has 2 N–H and O–H groups in total. The number of halogens is 1. The van der Waals surface area contributed by atoms with Crippen LogP contribution in [-0.2, 0) is 16.0 Å². The third kappa shape index (κ3) is 3.11. The van der Waals surface area contributed by atoms with Crippen LogP contribution in [0.3, 0.4) is 0 Å². The third-order valence-electron chi connectivity index (χ3n) is 2.67. The minimum Gasteiger partial charge on any atom is -0.361 e. The molecule has 1 heterocycles. The molecule has 18 heavy (non-hydrogen) atoms. The lowest BCUT2D eigenvalue weighted by Gasteiger charge is -2.02. The Morgan fingerprint density at radius 1 is 1.28 bits per heavy atom. The summed E-state index contributed by atoms with van der Waals surface area (Å²) in [5.74, 6) is -0.113. The number of amides is 1. The van der Waals surface area contributed by atoms with Crippen LogP contribution in [0.15, 0.2) is 30.5 Å². The van der Waals surface area contributed by atoms with Crippen LogP contribution in [0.5, 0.6) is 0 Å². The summed E-state index contributed by atoms with van der Waals surface area (Å²) in [5.41, 5.74) is 1.96. The van der Waals surface area contributed by atoms with Crippen molar-refractivity contribution in [1.82, 2.24) is 10.3 Å². The molecule has 2 aromatic rings. The van der Waals surface area contributed by atoms with Crippen molar-refractivity contribution in [2.75, 3.05) is 6.54 Å². The Morgan fingerprint density at radius 3 is 2.83 bits per heavy atom. The molecule has 0 spiro atoms. The SMILES string of the molecule is O=C(Cl)CCNC(=O)Cc1c[nH]c2ccccc12. The summed E-state index contributed by atoms with van der Waals surface area (Å²) in [6.45, 7) is 0.281. The lowest BCUT2D eigenvalue weighted by atomic mass is 10.1. The van der Waals surface area contributed by atoms with Crippen LogP contribution in [0.25, 0.3) is 10.9 Å². The van der Waals surface area contributed by atoms with E-state index in [-0.39, 0.29) is 18.9 Å². The van der Waals surface area contributed by atoms with Crippen LogP contribution in [-0.4, -0.2) is 22.7 Å². The first-order valence-electron chi connectivity index (χ1n) is 5.67. The van der Waals surface area contributed by atoms with Crippen molar-refractivity contribution in [3.05, 3.63) is 36.0 Å². The summed E-state index contributed by atoms with van der Waals surface area (Å²) < 4.78 is 0. The molecule has 0 unspecified atom stereocenters. The number of hydrogen-bond donors (Lipinski definition) is 2. The normalized spacial score (nSPS) is 10.5. The minimum atomic E-state index is -0.442. The maximum Gasteiger partial charge on any atom is 0.224 e. The number of rotatable bonds is 5. The van der Waals surface area contributed by atoms with E-state index in [4.69, 9.17) is 11.6 Å². The molecule has 0 saturated carbocycles. The standard InChI is InChI=1S/C13H13ClN2O2/c14-12(17)5-6-15-13(18)7-9-8-16-11-4-2-1-3-10(9)11/h1-4,8,16H,5-7H2,(H,15,18). The summed E-state index contributed by atoms with van der Waals surface area (Å²) in [6, 6.07) is 7.80. The van der Waals surface area contributed by atoms with E-state index >= 15 is 0 Å². The lowest BCUT2D eigenvalue weighted by Crippen LogP contribution is -2.26. The maximum atomic E-state index is 11.7. The fourth-order valence-corrected chi connectivity index (χ4v) is 1.91. The molecule has 1 aromatic heterocycles. The molecule has 2 rings (SSSR count). The van der Waals surface area contributed by atoms with Crippen LogP contribution in [0.1, 0.15) is 12.0 Å². The first kappa shape index (κ1) is 12.6. The number of fused-ring (bicyclic) bond motifs is 1. The van der Waals surface area contributed by atoms with Crippen LogP contribution in [0.4, 0.5) is 0 Å². The zero-order valence-corrected chi connectivity index (χ0v) is 10.5. The number of H-pyrrole nitrogens is 1. The van der Waals surface area contributed by atoms with E-state index in [1.807, 2.05) is 30.5 Å². The number of para-hydroxylation sites is 1. The van der Waals surface area contributed by atoms with E-state index in [0.29, 0.717) is 6.42 Å². The van der Waals surface area contributed by atoms with Crippen LogP contribution < -0.4 is 5.32 Å². The first-order chi connectivity index (χ1) is 8.66. The van der Waals surface area contributed by atoms with Gasteiger partial charge in [0, 0.05) is 30.1 Å². The molecule has 1 amide bonds. The van der Waals surface area contributed by atoms with Crippen molar-refractivity contribution in [3.63, 3.8) is 0 Å². The quantitative estimate of drug-likeness (QED) is 0.811. The van der Waals surface area contributed by atoms with Gasteiger partial charge in [-0.3, -0.25) is 9.59 Å². The Balaban J connectivity index is 1.97. The molecule has 94 valence electrons. The molecule has 0 fully saturated rings. The minimum absolute atomic E-state index is 0.113. The summed E-state index contributed by atoms with van der Waals surface area (Å²) in [7, 11) is 0. The average Bonchev–Trinajstić information content (AvgIpc) is 2.72. The number of carbonyl (C=O) groups is 2. The molecule has 4 nitrogen and oxygen atoms in total. The second-order valence-corrected chi connectivity index (χ2v) is 4.41. The van der Waals surface area contributed by atoms with E-state index in [1.165, 1.54) is 0 Å². The Kier molecular flexibility index (Phi) is 3.99. The third-order valence-corrected chi connectivity index (χ3v) is 2.86. The van der Waals surface area contributed by atoms with Gasteiger partial charge in [-0.1, -0.05) is 18.2 Å². The Morgan fingerprint density at radius 2 is 2.06 bits per heavy atom. The molecule has 1 aromatic carbocycles. The molecule has 0 saturated heterocycles. The van der Waals surface area contributed by atoms with E-state index < -0.39 is 5.24 Å². The molecule has 0 aliphatic carbocycles. The lowest BCUT2D eigenvalue weighted by molar-refractivity contribution is -0.120. The summed E-state index contributed by atoms with van der Waals surface area (Å²) >= 11 is 5.19. The van der Waals surface area contributed by atoms with Gasteiger partial charge in [0.2, 0.25) is 11.1 Å². The maximum absolute atomic E-state index is 11.7. The second-order valence-electron chi connectivity index (χ2n) is 3.99. The number of aromatic amines is 1. The molecule has 0 bridgehead atoms. The fraction of sp³-hybridized carbons (Fsp3) is 0.231. The average molecular weight is 265 g/mol. The molecule has 5 heteroatoms. The van der Waals surface area contributed by atoms with Crippen LogP contribution in [0, 0.1) is 0 Å². The zero-order valence-electron chi connectivity index (χ0n) is 9.70. The highest BCUT2D eigenvalue weighted by molar-refractivity contribution is 6.63. The highest BCUT2D eigenvalue weighted by Gasteiger charge is 2.08.